The van der Waals surface area contributed by atoms with Gasteiger partial charge in [0.05, 0.1) is 11.3 Å². The van der Waals surface area contributed by atoms with E-state index < -0.39 is 5.82 Å². The van der Waals surface area contributed by atoms with Crippen molar-refractivity contribution in [3.8, 4) is 12.3 Å². The molecule has 0 radical (unpaired) electrons. The van der Waals surface area contributed by atoms with Gasteiger partial charge in [0.15, 0.2) is 0 Å². The molecule has 58 valence electrons. The van der Waals surface area contributed by atoms with Crippen LogP contribution in [0.2, 0.25) is 0 Å². The summed E-state index contributed by atoms with van der Waals surface area (Å²) in [5, 5.41) is 0. The van der Waals surface area contributed by atoms with Crippen LogP contribution in [0.3, 0.4) is 0 Å². The largest absolute Gasteiger partial charge is 0.240 e. The second-order valence-electron chi connectivity index (χ2n) is 2.01. The summed E-state index contributed by atoms with van der Waals surface area (Å²) in [4.78, 5) is 13.0. The summed E-state index contributed by atoms with van der Waals surface area (Å²) in [6, 6.07) is 3.91. The topological polar surface area (TPSA) is 29.4 Å². The smallest absolute Gasteiger partial charge is 0.211 e. The van der Waals surface area contributed by atoms with Crippen molar-refractivity contribution in [3.63, 3.8) is 0 Å². The molecule has 0 spiro atoms. The first-order valence-electron chi connectivity index (χ1n) is 3.12. The molecule has 1 rings (SSSR count). The fourth-order valence-electron chi connectivity index (χ4n) is 0.743. The predicted octanol–water partition coefficient (Wildman–Crippen LogP) is 1.77. The standard InChI is InChI=1S/C9H4FNO/c1-2-7-3-4-8(11-6-12)5-9(7)10/h1,3-5H. The van der Waals surface area contributed by atoms with Crippen LogP contribution in [0.5, 0.6) is 0 Å². The van der Waals surface area contributed by atoms with Crippen molar-refractivity contribution in [2.75, 3.05) is 0 Å². The second-order valence-corrected chi connectivity index (χ2v) is 2.01. The highest BCUT2D eigenvalue weighted by Crippen LogP contribution is 2.15. The minimum atomic E-state index is -0.561. The van der Waals surface area contributed by atoms with E-state index in [4.69, 9.17) is 6.42 Å². The van der Waals surface area contributed by atoms with Crippen molar-refractivity contribution < 1.29 is 9.18 Å². The van der Waals surface area contributed by atoms with Gasteiger partial charge < -0.3 is 0 Å². The fourth-order valence-corrected chi connectivity index (χ4v) is 0.743. The molecule has 0 aliphatic carbocycles. The number of hydrogen-bond donors (Lipinski definition) is 0. The van der Waals surface area contributed by atoms with Gasteiger partial charge in [-0.3, -0.25) is 0 Å². The van der Waals surface area contributed by atoms with Gasteiger partial charge >= 0.3 is 0 Å². The van der Waals surface area contributed by atoms with Gasteiger partial charge in [0, 0.05) is 6.07 Å². The molecule has 0 aliphatic heterocycles. The highest BCUT2D eigenvalue weighted by molar-refractivity contribution is 5.51. The summed E-state index contributed by atoms with van der Waals surface area (Å²) >= 11 is 0. The summed E-state index contributed by atoms with van der Waals surface area (Å²) in [5.74, 6) is 1.59. The number of nitrogens with zero attached hydrogens (tertiary/aromatic N) is 1. The lowest BCUT2D eigenvalue weighted by Gasteiger charge is -1.93. The first-order valence-corrected chi connectivity index (χ1v) is 3.12. The SMILES string of the molecule is C#Cc1ccc(N=C=O)cc1F. The fraction of sp³-hybridized carbons (Fsp3) is 0. The average Bonchev–Trinajstić information content (AvgIpc) is 2.05. The Morgan fingerprint density at radius 3 is 2.75 bits per heavy atom. The van der Waals surface area contributed by atoms with Crippen molar-refractivity contribution in [3.05, 3.63) is 29.6 Å². The Balaban J connectivity index is 3.20. The number of benzene rings is 1. The second kappa shape index (κ2) is 3.47. The summed E-state index contributed by atoms with van der Waals surface area (Å²) in [6.45, 7) is 0. The molecular formula is C9H4FNO. The molecule has 2 nitrogen and oxygen atoms in total. The zero-order chi connectivity index (χ0) is 8.97. The number of isocyanates is 1. The average molecular weight is 161 g/mol. The number of rotatable bonds is 1. The number of terminal acetylenes is 1. The Kier molecular flexibility index (Phi) is 2.37. The molecule has 0 aromatic heterocycles. The molecule has 3 heteroatoms. The van der Waals surface area contributed by atoms with Gasteiger partial charge in [0.1, 0.15) is 5.82 Å². The third-order valence-electron chi connectivity index (χ3n) is 1.28. The van der Waals surface area contributed by atoms with E-state index in [1.54, 1.807) is 0 Å². The zero-order valence-corrected chi connectivity index (χ0v) is 6.04. The maximum absolute atomic E-state index is 12.8. The molecule has 0 amide bonds. The van der Waals surface area contributed by atoms with Crippen molar-refractivity contribution >= 4 is 11.8 Å². The summed E-state index contributed by atoms with van der Waals surface area (Å²) in [6.07, 6.45) is 6.28. The Bertz CT molecular complexity index is 386. The van der Waals surface area contributed by atoms with E-state index in [9.17, 15) is 9.18 Å². The Labute approximate surface area is 68.7 Å². The summed E-state index contributed by atoms with van der Waals surface area (Å²) in [5.41, 5.74) is 0.362. The van der Waals surface area contributed by atoms with E-state index in [2.05, 4.69) is 10.9 Å². The van der Waals surface area contributed by atoms with Crippen molar-refractivity contribution in [1.82, 2.24) is 0 Å². The zero-order valence-electron chi connectivity index (χ0n) is 6.04. The minimum Gasteiger partial charge on any atom is -0.211 e. The molecule has 0 atom stereocenters. The molecule has 0 saturated carbocycles. The van der Waals surface area contributed by atoms with Crippen LogP contribution in [0.4, 0.5) is 10.1 Å². The van der Waals surface area contributed by atoms with Gasteiger partial charge in [-0.15, -0.1) is 6.42 Å². The van der Waals surface area contributed by atoms with Crippen LogP contribution < -0.4 is 0 Å². The highest BCUT2D eigenvalue weighted by Gasteiger charge is 1.98. The molecule has 0 saturated heterocycles. The van der Waals surface area contributed by atoms with Crippen LogP contribution in [0.25, 0.3) is 0 Å². The van der Waals surface area contributed by atoms with Crippen LogP contribution in [0.1, 0.15) is 5.56 Å². The number of hydrogen-bond acceptors (Lipinski definition) is 2. The monoisotopic (exact) mass is 161 g/mol. The lowest BCUT2D eigenvalue weighted by molar-refractivity contribution is 0.565. The molecule has 0 N–H and O–H groups in total. The maximum atomic E-state index is 12.8. The third-order valence-corrected chi connectivity index (χ3v) is 1.28. The van der Waals surface area contributed by atoms with E-state index in [-0.39, 0.29) is 11.3 Å². The molecule has 0 heterocycles. The van der Waals surface area contributed by atoms with Crippen molar-refractivity contribution in [1.29, 1.82) is 0 Å². The predicted molar refractivity (Wildman–Crippen MR) is 42.1 cm³/mol. The van der Waals surface area contributed by atoms with Gasteiger partial charge in [-0.1, -0.05) is 5.92 Å². The molecule has 0 aliphatic rings. The number of halogens is 1. The maximum Gasteiger partial charge on any atom is 0.240 e. The van der Waals surface area contributed by atoms with E-state index in [0.29, 0.717) is 0 Å². The molecule has 0 fully saturated rings. The molecular weight excluding hydrogens is 157 g/mol. The van der Waals surface area contributed by atoms with E-state index in [1.165, 1.54) is 18.2 Å². The normalized spacial score (nSPS) is 8.33. The molecule has 0 unspecified atom stereocenters. The molecule has 0 bridgehead atoms. The van der Waals surface area contributed by atoms with Crippen LogP contribution in [0.15, 0.2) is 23.2 Å². The molecule has 1 aromatic rings. The molecule has 1 aromatic carbocycles. The molecule has 12 heavy (non-hydrogen) atoms. The van der Waals surface area contributed by atoms with Gasteiger partial charge in [-0.2, -0.15) is 4.99 Å². The van der Waals surface area contributed by atoms with Crippen molar-refractivity contribution in [2.24, 2.45) is 4.99 Å². The first kappa shape index (κ1) is 8.19. The lowest BCUT2D eigenvalue weighted by atomic mass is 10.2. The number of carbonyl (C=O) groups excluding carboxylic acids is 1. The first-order chi connectivity index (χ1) is 5.77. The van der Waals surface area contributed by atoms with E-state index in [1.807, 2.05) is 0 Å². The van der Waals surface area contributed by atoms with Gasteiger partial charge in [-0.05, 0) is 12.1 Å². The lowest BCUT2D eigenvalue weighted by Crippen LogP contribution is -1.80. The minimum absolute atomic E-state index is 0.153. The van der Waals surface area contributed by atoms with E-state index >= 15 is 0 Å². The summed E-state index contributed by atoms with van der Waals surface area (Å²) in [7, 11) is 0. The third kappa shape index (κ3) is 1.57. The van der Waals surface area contributed by atoms with Gasteiger partial charge in [0.25, 0.3) is 0 Å². The van der Waals surface area contributed by atoms with Crippen LogP contribution in [0, 0.1) is 18.2 Å². The quantitative estimate of drug-likeness (QED) is 0.350. The van der Waals surface area contributed by atoms with E-state index in [0.717, 1.165) is 6.07 Å². The number of aliphatic imine (C=N–C) groups is 1. The Morgan fingerprint density at radius 2 is 2.25 bits per heavy atom. The Hall–Kier alpha value is -1.91. The highest BCUT2D eigenvalue weighted by atomic mass is 19.1. The Morgan fingerprint density at radius 1 is 1.50 bits per heavy atom. The van der Waals surface area contributed by atoms with Crippen LogP contribution in [-0.2, 0) is 4.79 Å². The van der Waals surface area contributed by atoms with Crippen molar-refractivity contribution in [2.45, 2.75) is 0 Å². The van der Waals surface area contributed by atoms with Gasteiger partial charge in [0.2, 0.25) is 6.08 Å². The summed E-state index contributed by atoms with van der Waals surface area (Å²) < 4.78 is 12.8. The van der Waals surface area contributed by atoms with Crippen LogP contribution >= 0.6 is 0 Å². The van der Waals surface area contributed by atoms with Gasteiger partial charge in [-0.25, -0.2) is 9.18 Å². The van der Waals surface area contributed by atoms with Crippen LogP contribution in [-0.4, -0.2) is 6.08 Å².